The molecule has 0 aromatic heterocycles. The van der Waals surface area contributed by atoms with Crippen molar-refractivity contribution >= 4 is 29.1 Å². The second-order valence-electron chi connectivity index (χ2n) is 6.99. The molecule has 7 heteroatoms. The minimum Gasteiger partial charge on any atom is -0.335 e. The van der Waals surface area contributed by atoms with Gasteiger partial charge in [0, 0.05) is 29.9 Å². The van der Waals surface area contributed by atoms with Crippen LogP contribution in [0.15, 0.2) is 36.4 Å². The highest BCUT2D eigenvalue weighted by Gasteiger charge is 2.17. The molecule has 0 saturated carbocycles. The molecular weight excluding hydrogens is 381 g/mol. The monoisotopic (exact) mass is 405 g/mol. The Morgan fingerprint density at radius 3 is 2.50 bits per heavy atom. The number of nitrogens with one attached hydrogen (secondary N) is 1. The van der Waals surface area contributed by atoms with Gasteiger partial charge >= 0.3 is 0 Å². The Morgan fingerprint density at radius 2 is 1.82 bits per heavy atom. The second kappa shape index (κ2) is 9.66. The summed E-state index contributed by atoms with van der Waals surface area (Å²) in [6.45, 7) is 4.02. The number of carbonyl (C=O) groups is 2. The molecule has 0 saturated heterocycles. The maximum atomic E-state index is 13.9. The molecule has 5 nitrogen and oxygen atoms in total. The molecule has 0 radical (unpaired) electrons. The van der Waals surface area contributed by atoms with Gasteiger partial charge in [-0.1, -0.05) is 29.8 Å². The van der Waals surface area contributed by atoms with Crippen LogP contribution in [-0.2, 0) is 16.1 Å². The number of hydrogen-bond donors (Lipinski definition) is 1. The smallest absolute Gasteiger partial charge is 0.243 e. The molecule has 0 aliphatic rings. The fourth-order valence-corrected chi connectivity index (χ4v) is 2.95. The minimum atomic E-state index is -0.409. The summed E-state index contributed by atoms with van der Waals surface area (Å²) in [5.41, 5.74) is 3.07. The van der Waals surface area contributed by atoms with E-state index >= 15 is 0 Å². The number of aryl methyl sites for hydroxylation is 2. The van der Waals surface area contributed by atoms with Gasteiger partial charge in [0.1, 0.15) is 5.82 Å². The summed E-state index contributed by atoms with van der Waals surface area (Å²) >= 11 is 6.03. The van der Waals surface area contributed by atoms with E-state index in [1.54, 1.807) is 25.1 Å². The number of hydrogen-bond acceptors (Lipinski definition) is 3. The summed E-state index contributed by atoms with van der Waals surface area (Å²) in [7, 11) is 3.26. The van der Waals surface area contributed by atoms with Gasteiger partial charge in [-0.3, -0.25) is 14.5 Å². The normalized spacial score (nSPS) is 10.8. The Bertz CT molecular complexity index is 852. The Labute approximate surface area is 170 Å². The maximum Gasteiger partial charge on any atom is 0.243 e. The van der Waals surface area contributed by atoms with Gasteiger partial charge in [0.15, 0.2) is 0 Å². The third-order valence-electron chi connectivity index (χ3n) is 4.37. The number of halogens is 2. The fraction of sp³-hybridized carbons (Fsp3) is 0.333. The van der Waals surface area contributed by atoms with Crippen LogP contribution in [0.25, 0.3) is 0 Å². The quantitative estimate of drug-likeness (QED) is 0.765. The van der Waals surface area contributed by atoms with Crippen LogP contribution in [0, 0.1) is 19.7 Å². The van der Waals surface area contributed by atoms with Crippen LogP contribution in [0.5, 0.6) is 0 Å². The van der Waals surface area contributed by atoms with Crippen LogP contribution >= 0.6 is 11.6 Å². The summed E-state index contributed by atoms with van der Waals surface area (Å²) < 4.78 is 13.9. The van der Waals surface area contributed by atoms with E-state index in [0.717, 1.165) is 16.8 Å². The number of carbonyl (C=O) groups excluding carboxylic acids is 2. The minimum absolute atomic E-state index is 0.0396. The van der Waals surface area contributed by atoms with Crippen LogP contribution in [0.1, 0.15) is 16.7 Å². The standard InChI is InChI=1S/C21H25ClFN3O2/c1-14-8-9-15(2)19(10-14)24-20(27)12-26(4)21(28)13-25(3)11-16-17(22)6-5-7-18(16)23/h5-10H,11-13H2,1-4H3,(H,24,27). The van der Waals surface area contributed by atoms with Crippen molar-refractivity contribution in [1.29, 1.82) is 0 Å². The van der Waals surface area contributed by atoms with Gasteiger partial charge in [-0.05, 0) is 50.2 Å². The van der Waals surface area contributed by atoms with Crippen molar-refractivity contribution in [2.75, 3.05) is 32.5 Å². The van der Waals surface area contributed by atoms with Gasteiger partial charge in [-0.15, -0.1) is 0 Å². The van der Waals surface area contributed by atoms with Crippen molar-refractivity contribution in [2.45, 2.75) is 20.4 Å². The molecule has 1 N–H and O–H groups in total. The van der Waals surface area contributed by atoms with Crippen molar-refractivity contribution in [3.63, 3.8) is 0 Å². The maximum absolute atomic E-state index is 13.9. The summed E-state index contributed by atoms with van der Waals surface area (Å²) in [5, 5.41) is 3.15. The van der Waals surface area contributed by atoms with Gasteiger partial charge in [0.25, 0.3) is 0 Å². The van der Waals surface area contributed by atoms with Gasteiger partial charge in [-0.2, -0.15) is 0 Å². The molecule has 150 valence electrons. The second-order valence-corrected chi connectivity index (χ2v) is 7.40. The van der Waals surface area contributed by atoms with Crippen LogP contribution < -0.4 is 5.32 Å². The molecule has 0 aliphatic heterocycles. The molecule has 28 heavy (non-hydrogen) atoms. The Balaban J connectivity index is 1.89. The first-order chi connectivity index (χ1) is 13.2. The van der Waals surface area contributed by atoms with E-state index in [4.69, 9.17) is 11.6 Å². The molecular formula is C21H25ClFN3O2. The van der Waals surface area contributed by atoms with E-state index in [2.05, 4.69) is 5.32 Å². The molecule has 0 bridgehead atoms. The first kappa shape index (κ1) is 21.9. The lowest BCUT2D eigenvalue weighted by Crippen LogP contribution is -2.40. The Hall–Kier alpha value is -2.44. The summed E-state index contributed by atoms with van der Waals surface area (Å²) in [5.74, 6) is -0.927. The van der Waals surface area contributed by atoms with Gasteiger partial charge < -0.3 is 10.2 Å². The first-order valence-corrected chi connectivity index (χ1v) is 9.27. The molecule has 0 aliphatic carbocycles. The Kier molecular flexibility index (Phi) is 7.54. The third-order valence-corrected chi connectivity index (χ3v) is 4.72. The summed E-state index contributed by atoms with van der Waals surface area (Å²) in [6, 6.07) is 10.3. The number of nitrogens with zero attached hydrogens (tertiary/aromatic N) is 2. The van der Waals surface area contributed by atoms with Crippen LogP contribution in [-0.4, -0.2) is 48.8 Å². The van der Waals surface area contributed by atoms with Crippen molar-refractivity contribution in [3.05, 3.63) is 63.9 Å². The highest BCUT2D eigenvalue weighted by atomic mass is 35.5. The number of rotatable bonds is 7. The van der Waals surface area contributed by atoms with Crippen molar-refractivity contribution in [2.24, 2.45) is 0 Å². The molecule has 0 fully saturated rings. The first-order valence-electron chi connectivity index (χ1n) is 8.90. The van der Waals surface area contributed by atoms with Crippen molar-refractivity contribution in [3.8, 4) is 0 Å². The van der Waals surface area contributed by atoms with E-state index in [1.807, 2.05) is 32.0 Å². The third kappa shape index (κ3) is 6.04. The van der Waals surface area contributed by atoms with Crippen molar-refractivity contribution in [1.82, 2.24) is 9.80 Å². The molecule has 2 aromatic rings. The van der Waals surface area contributed by atoms with E-state index in [-0.39, 0.29) is 31.4 Å². The summed E-state index contributed by atoms with van der Waals surface area (Å²) in [6.07, 6.45) is 0. The predicted octanol–water partition coefficient (Wildman–Crippen LogP) is 3.62. The zero-order valence-corrected chi connectivity index (χ0v) is 17.3. The molecule has 2 amide bonds. The van der Waals surface area contributed by atoms with Gasteiger partial charge in [0.2, 0.25) is 11.8 Å². The lowest BCUT2D eigenvalue weighted by molar-refractivity contribution is -0.134. The van der Waals surface area contributed by atoms with E-state index in [9.17, 15) is 14.0 Å². The largest absolute Gasteiger partial charge is 0.335 e. The fourth-order valence-electron chi connectivity index (χ4n) is 2.72. The van der Waals surface area contributed by atoms with E-state index in [1.165, 1.54) is 17.0 Å². The number of anilines is 1. The van der Waals surface area contributed by atoms with E-state index < -0.39 is 5.82 Å². The zero-order valence-electron chi connectivity index (χ0n) is 16.6. The number of amides is 2. The lowest BCUT2D eigenvalue weighted by atomic mass is 10.1. The average molecular weight is 406 g/mol. The SMILES string of the molecule is Cc1ccc(C)c(NC(=O)CN(C)C(=O)CN(C)Cc2c(F)cccc2Cl)c1. The molecule has 0 heterocycles. The van der Waals surface area contributed by atoms with Crippen LogP contribution in [0.4, 0.5) is 10.1 Å². The molecule has 2 rings (SSSR count). The van der Waals surface area contributed by atoms with Crippen LogP contribution in [0.2, 0.25) is 5.02 Å². The van der Waals surface area contributed by atoms with Crippen LogP contribution in [0.3, 0.4) is 0 Å². The van der Waals surface area contributed by atoms with Gasteiger partial charge in [-0.25, -0.2) is 4.39 Å². The number of benzene rings is 2. The molecule has 2 aromatic carbocycles. The average Bonchev–Trinajstić information content (AvgIpc) is 2.61. The molecule has 0 spiro atoms. The predicted molar refractivity (Wildman–Crippen MR) is 110 cm³/mol. The van der Waals surface area contributed by atoms with Gasteiger partial charge in [0.05, 0.1) is 13.1 Å². The zero-order chi connectivity index (χ0) is 20.8. The van der Waals surface area contributed by atoms with E-state index in [0.29, 0.717) is 10.6 Å². The molecule has 0 unspecified atom stereocenters. The topological polar surface area (TPSA) is 52.7 Å². The Morgan fingerprint density at radius 1 is 1.11 bits per heavy atom. The molecule has 0 atom stereocenters. The lowest BCUT2D eigenvalue weighted by Gasteiger charge is -2.22. The highest BCUT2D eigenvalue weighted by molar-refractivity contribution is 6.31. The summed E-state index contributed by atoms with van der Waals surface area (Å²) in [4.78, 5) is 27.7. The highest BCUT2D eigenvalue weighted by Crippen LogP contribution is 2.20. The van der Waals surface area contributed by atoms with Crippen molar-refractivity contribution < 1.29 is 14.0 Å². The number of likely N-dealkylation sites (N-methyl/N-ethyl adjacent to an activating group) is 2.